The van der Waals surface area contributed by atoms with Gasteiger partial charge in [-0.3, -0.25) is 0 Å². The van der Waals surface area contributed by atoms with Crippen LogP contribution in [0.5, 0.6) is 11.5 Å². The third-order valence-electron chi connectivity index (χ3n) is 3.48. The minimum atomic E-state index is -0.519. The maximum atomic E-state index is 10.9. The average molecular weight is 313 g/mol. The summed E-state index contributed by atoms with van der Waals surface area (Å²) in [6.07, 6.45) is 6.40. The molecule has 116 valence electrons. The molecular formula is C14H11N5O4. The second-order valence-electron chi connectivity index (χ2n) is 4.92. The smallest absolute Gasteiger partial charge is 0.434 e. The predicted molar refractivity (Wildman–Crippen MR) is 77.7 cm³/mol. The molecule has 9 heteroatoms. The van der Waals surface area contributed by atoms with Crippen molar-refractivity contribution >= 4 is 5.95 Å². The Morgan fingerprint density at radius 3 is 3.00 bits per heavy atom. The fourth-order valence-electron chi connectivity index (χ4n) is 2.40. The lowest BCUT2D eigenvalue weighted by Gasteiger charge is -2.03. The SMILES string of the molecule is O=[N+]([O-])c1nccn1Cc1cn(-c2ccc3c(c2)OCO3)cn1. The highest BCUT2D eigenvalue weighted by Gasteiger charge is 2.16. The monoisotopic (exact) mass is 313 g/mol. The van der Waals surface area contributed by atoms with E-state index in [0.717, 1.165) is 5.69 Å². The zero-order chi connectivity index (χ0) is 15.8. The molecule has 9 nitrogen and oxygen atoms in total. The van der Waals surface area contributed by atoms with E-state index in [0.29, 0.717) is 17.2 Å². The molecule has 1 aliphatic rings. The largest absolute Gasteiger partial charge is 0.454 e. The van der Waals surface area contributed by atoms with Gasteiger partial charge in [0.2, 0.25) is 6.79 Å². The maximum Gasteiger partial charge on any atom is 0.434 e. The molecule has 23 heavy (non-hydrogen) atoms. The van der Waals surface area contributed by atoms with Crippen LogP contribution in [-0.4, -0.2) is 30.8 Å². The second-order valence-corrected chi connectivity index (χ2v) is 4.92. The first kappa shape index (κ1) is 13.3. The van der Waals surface area contributed by atoms with E-state index in [1.165, 1.54) is 10.8 Å². The van der Waals surface area contributed by atoms with Crippen LogP contribution in [0.1, 0.15) is 5.69 Å². The maximum absolute atomic E-state index is 10.9. The van der Waals surface area contributed by atoms with Crippen LogP contribution in [0.25, 0.3) is 5.69 Å². The van der Waals surface area contributed by atoms with Gasteiger partial charge in [0.15, 0.2) is 11.5 Å². The van der Waals surface area contributed by atoms with Crippen LogP contribution in [-0.2, 0) is 6.54 Å². The lowest BCUT2D eigenvalue weighted by Crippen LogP contribution is -2.04. The van der Waals surface area contributed by atoms with Crippen molar-refractivity contribution < 1.29 is 14.4 Å². The van der Waals surface area contributed by atoms with Crippen molar-refractivity contribution in [1.82, 2.24) is 19.1 Å². The molecule has 0 saturated heterocycles. The molecule has 0 bridgehead atoms. The van der Waals surface area contributed by atoms with E-state index in [1.807, 2.05) is 22.8 Å². The van der Waals surface area contributed by atoms with Crippen LogP contribution in [0.3, 0.4) is 0 Å². The highest BCUT2D eigenvalue weighted by molar-refractivity contribution is 5.50. The van der Waals surface area contributed by atoms with Gasteiger partial charge in [-0.05, 0) is 17.1 Å². The summed E-state index contributed by atoms with van der Waals surface area (Å²) in [6, 6.07) is 5.57. The molecule has 0 unspecified atom stereocenters. The van der Waals surface area contributed by atoms with Gasteiger partial charge in [-0.2, -0.15) is 0 Å². The number of aromatic nitrogens is 4. The molecule has 0 atom stereocenters. The number of ether oxygens (including phenoxy) is 2. The number of benzene rings is 1. The molecule has 3 aromatic rings. The molecule has 1 aromatic carbocycles. The van der Waals surface area contributed by atoms with Crippen LogP contribution >= 0.6 is 0 Å². The van der Waals surface area contributed by atoms with E-state index in [9.17, 15) is 10.1 Å². The number of hydrogen-bond acceptors (Lipinski definition) is 6. The Kier molecular flexibility index (Phi) is 2.97. The quantitative estimate of drug-likeness (QED) is 0.537. The molecule has 0 fully saturated rings. The topological polar surface area (TPSA) is 97.2 Å². The number of rotatable bonds is 4. The van der Waals surface area contributed by atoms with Crippen molar-refractivity contribution in [2.24, 2.45) is 0 Å². The fraction of sp³-hybridized carbons (Fsp3) is 0.143. The zero-order valence-corrected chi connectivity index (χ0v) is 11.8. The Morgan fingerprint density at radius 1 is 1.26 bits per heavy atom. The number of imidazole rings is 2. The predicted octanol–water partition coefficient (Wildman–Crippen LogP) is 1.75. The minimum absolute atomic E-state index is 0.206. The number of nitro groups is 1. The molecular weight excluding hydrogens is 302 g/mol. The number of nitrogens with zero attached hydrogens (tertiary/aromatic N) is 5. The van der Waals surface area contributed by atoms with E-state index in [4.69, 9.17) is 9.47 Å². The summed E-state index contributed by atoms with van der Waals surface area (Å²) in [5.41, 5.74) is 1.55. The minimum Gasteiger partial charge on any atom is -0.454 e. The third kappa shape index (κ3) is 2.37. The van der Waals surface area contributed by atoms with E-state index in [-0.39, 0.29) is 19.3 Å². The first-order valence-corrected chi connectivity index (χ1v) is 6.79. The van der Waals surface area contributed by atoms with E-state index >= 15 is 0 Å². The van der Waals surface area contributed by atoms with Crippen LogP contribution < -0.4 is 9.47 Å². The van der Waals surface area contributed by atoms with Crippen LogP contribution in [0.15, 0.2) is 43.1 Å². The van der Waals surface area contributed by atoms with Gasteiger partial charge in [-0.15, -0.1) is 0 Å². The van der Waals surface area contributed by atoms with Gasteiger partial charge in [-0.1, -0.05) is 4.98 Å². The first-order chi connectivity index (χ1) is 11.2. The summed E-state index contributed by atoms with van der Waals surface area (Å²) in [4.78, 5) is 18.4. The fourth-order valence-corrected chi connectivity index (χ4v) is 2.40. The summed E-state index contributed by atoms with van der Waals surface area (Å²) < 4.78 is 13.9. The lowest BCUT2D eigenvalue weighted by atomic mass is 10.3. The number of hydrogen-bond donors (Lipinski definition) is 0. The van der Waals surface area contributed by atoms with Crippen molar-refractivity contribution in [3.63, 3.8) is 0 Å². The first-order valence-electron chi connectivity index (χ1n) is 6.79. The van der Waals surface area contributed by atoms with Crippen molar-refractivity contribution in [1.29, 1.82) is 0 Å². The van der Waals surface area contributed by atoms with E-state index in [2.05, 4.69) is 9.97 Å². The van der Waals surface area contributed by atoms with Gasteiger partial charge in [0.1, 0.15) is 18.9 Å². The lowest BCUT2D eigenvalue weighted by molar-refractivity contribution is -0.396. The van der Waals surface area contributed by atoms with Crippen LogP contribution in [0.2, 0.25) is 0 Å². The molecule has 2 aromatic heterocycles. The molecule has 3 heterocycles. The van der Waals surface area contributed by atoms with Crippen molar-refractivity contribution in [2.45, 2.75) is 6.54 Å². The standard InChI is InChI=1S/C14H11N5O4/c20-19(21)14-15-3-4-17(14)6-10-7-18(8-16-10)11-1-2-12-13(5-11)23-9-22-12/h1-5,7-8H,6,9H2. The Hall–Kier alpha value is -3.36. The summed E-state index contributed by atoms with van der Waals surface area (Å²) in [5.74, 6) is 1.19. The molecule has 0 amide bonds. The van der Waals surface area contributed by atoms with Crippen LogP contribution in [0, 0.1) is 10.1 Å². The van der Waals surface area contributed by atoms with E-state index < -0.39 is 4.92 Å². The average Bonchev–Trinajstić information content (AvgIpc) is 3.26. The van der Waals surface area contributed by atoms with Gasteiger partial charge in [0.05, 0.1) is 17.7 Å². The molecule has 1 aliphatic heterocycles. The Labute approximate surface area is 129 Å². The molecule has 0 aliphatic carbocycles. The van der Waals surface area contributed by atoms with Gasteiger partial charge in [0.25, 0.3) is 0 Å². The van der Waals surface area contributed by atoms with Gasteiger partial charge < -0.3 is 24.2 Å². The summed E-state index contributed by atoms with van der Waals surface area (Å²) in [5, 5.41) is 10.9. The molecule has 4 rings (SSSR count). The third-order valence-corrected chi connectivity index (χ3v) is 3.48. The van der Waals surface area contributed by atoms with Gasteiger partial charge in [0, 0.05) is 12.3 Å². The van der Waals surface area contributed by atoms with Crippen molar-refractivity contribution in [3.05, 3.63) is 58.9 Å². The summed E-state index contributed by atoms with van der Waals surface area (Å²) in [7, 11) is 0. The second kappa shape index (κ2) is 5.13. The van der Waals surface area contributed by atoms with Crippen LogP contribution in [0.4, 0.5) is 5.95 Å². The van der Waals surface area contributed by atoms with Crippen molar-refractivity contribution in [2.75, 3.05) is 6.79 Å². The van der Waals surface area contributed by atoms with Crippen molar-refractivity contribution in [3.8, 4) is 17.2 Å². The highest BCUT2D eigenvalue weighted by Crippen LogP contribution is 2.33. The number of fused-ring (bicyclic) bond motifs is 1. The Bertz CT molecular complexity index is 885. The normalized spacial score (nSPS) is 12.5. The Morgan fingerprint density at radius 2 is 2.13 bits per heavy atom. The Balaban J connectivity index is 1.59. The van der Waals surface area contributed by atoms with E-state index in [1.54, 1.807) is 18.7 Å². The zero-order valence-electron chi connectivity index (χ0n) is 11.8. The molecule has 0 radical (unpaired) electrons. The molecule has 0 saturated carbocycles. The molecule has 0 N–H and O–H groups in total. The summed E-state index contributed by atoms with van der Waals surface area (Å²) >= 11 is 0. The summed E-state index contributed by atoms with van der Waals surface area (Å²) in [6.45, 7) is 0.492. The highest BCUT2D eigenvalue weighted by atomic mass is 16.7. The van der Waals surface area contributed by atoms with Gasteiger partial charge >= 0.3 is 5.95 Å². The van der Waals surface area contributed by atoms with Gasteiger partial charge in [-0.25, -0.2) is 9.55 Å². The molecule has 0 spiro atoms.